The quantitative estimate of drug-likeness (QED) is 0.351. The van der Waals surface area contributed by atoms with E-state index in [4.69, 9.17) is 5.11 Å². The van der Waals surface area contributed by atoms with Crippen LogP contribution in [0.4, 0.5) is 16.0 Å². The van der Waals surface area contributed by atoms with E-state index in [0.717, 1.165) is 0 Å². The topological polar surface area (TPSA) is 128 Å². The molecule has 0 saturated carbocycles. The predicted molar refractivity (Wildman–Crippen MR) is 127 cm³/mol. The van der Waals surface area contributed by atoms with Crippen molar-refractivity contribution in [3.05, 3.63) is 71.9 Å². The van der Waals surface area contributed by atoms with E-state index in [0.29, 0.717) is 34.2 Å². The Morgan fingerprint density at radius 1 is 1.15 bits per heavy atom. The molecule has 4 N–H and O–H groups in total. The molecular formula is C25H27FN4O4. The summed E-state index contributed by atoms with van der Waals surface area (Å²) in [4.78, 5) is 24.2. The fourth-order valence-electron chi connectivity index (χ4n) is 3.39. The summed E-state index contributed by atoms with van der Waals surface area (Å²) in [5.74, 6) is -1.21. The first kappa shape index (κ1) is 24.9. The highest BCUT2D eigenvalue weighted by molar-refractivity contribution is 5.75. The van der Waals surface area contributed by atoms with Crippen LogP contribution in [0.5, 0.6) is 0 Å². The number of benzene rings is 1. The molecular weight excluding hydrogens is 439 g/mol. The molecule has 0 bridgehead atoms. The number of nitrogens with one attached hydrogen (secondary N) is 1. The molecule has 1 aromatic carbocycles. The van der Waals surface area contributed by atoms with Gasteiger partial charge in [0.15, 0.2) is 0 Å². The summed E-state index contributed by atoms with van der Waals surface area (Å²) >= 11 is 0. The number of carbonyl (C=O) groups is 1. The zero-order chi connectivity index (χ0) is 24.7. The van der Waals surface area contributed by atoms with Gasteiger partial charge in [0.05, 0.1) is 41.9 Å². The van der Waals surface area contributed by atoms with Gasteiger partial charge in [-0.05, 0) is 42.3 Å². The minimum atomic E-state index is -1.18. The number of rotatable bonds is 10. The fourth-order valence-corrected chi connectivity index (χ4v) is 3.39. The number of hydrogen-bond acceptors (Lipinski definition) is 7. The van der Waals surface area contributed by atoms with Crippen molar-refractivity contribution in [3.63, 3.8) is 0 Å². The zero-order valence-electron chi connectivity index (χ0n) is 18.9. The van der Waals surface area contributed by atoms with Crippen LogP contribution in [-0.4, -0.2) is 48.4 Å². The molecule has 0 aliphatic carbocycles. The first-order valence-electron chi connectivity index (χ1n) is 10.8. The smallest absolute Gasteiger partial charge is 0.305 e. The van der Waals surface area contributed by atoms with E-state index in [1.165, 1.54) is 18.2 Å². The number of carboxylic acids is 1. The zero-order valence-corrected chi connectivity index (χ0v) is 18.9. The van der Waals surface area contributed by atoms with Gasteiger partial charge in [0, 0.05) is 23.7 Å². The van der Waals surface area contributed by atoms with Crippen LogP contribution in [0, 0.1) is 5.82 Å². The molecule has 0 aliphatic heterocycles. The lowest BCUT2D eigenvalue weighted by atomic mass is 9.97. The summed E-state index contributed by atoms with van der Waals surface area (Å²) in [6.07, 6.45) is 3.57. The number of anilines is 2. The summed E-state index contributed by atoms with van der Waals surface area (Å²) in [6.45, 7) is 3.93. The van der Waals surface area contributed by atoms with Gasteiger partial charge in [-0.25, -0.2) is 14.4 Å². The maximum absolute atomic E-state index is 13.6. The highest BCUT2D eigenvalue weighted by atomic mass is 19.1. The number of carboxylic acid groups (broad SMARTS) is 1. The van der Waals surface area contributed by atoms with Crippen molar-refractivity contribution in [2.45, 2.75) is 44.8 Å². The Morgan fingerprint density at radius 2 is 1.88 bits per heavy atom. The monoisotopic (exact) mass is 466 g/mol. The van der Waals surface area contributed by atoms with E-state index < -0.39 is 24.6 Å². The molecule has 0 fully saturated rings. The maximum Gasteiger partial charge on any atom is 0.305 e. The van der Waals surface area contributed by atoms with Crippen molar-refractivity contribution in [2.75, 3.05) is 5.32 Å². The van der Waals surface area contributed by atoms with Crippen LogP contribution in [0.1, 0.15) is 43.9 Å². The summed E-state index contributed by atoms with van der Waals surface area (Å²) < 4.78 is 13.6. The third kappa shape index (κ3) is 6.90. The van der Waals surface area contributed by atoms with Gasteiger partial charge in [-0.3, -0.25) is 9.78 Å². The molecule has 0 amide bonds. The largest absolute Gasteiger partial charge is 0.481 e. The van der Waals surface area contributed by atoms with Crippen LogP contribution in [0.2, 0.25) is 0 Å². The summed E-state index contributed by atoms with van der Waals surface area (Å²) in [5, 5.41) is 32.1. The van der Waals surface area contributed by atoms with Crippen molar-refractivity contribution in [1.29, 1.82) is 0 Å². The second kappa shape index (κ2) is 11.4. The lowest BCUT2D eigenvalue weighted by Crippen LogP contribution is -2.19. The van der Waals surface area contributed by atoms with Gasteiger partial charge in [0.1, 0.15) is 5.82 Å². The van der Waals surface area contributed by atoms with Crippen LogP contribution in [0.25, 0.3) is 17.3 Å². The Bertz CT molecular complexity index is 1140. The highest BCUT2D eigenvalue weighted by Crippen LogP contribution is 2.31. The van der Waals surface area contributed by atoms with Crippen LogP contribution in [0.15, 0.2) is 54.9 Å². The number of halogens is 1. The van der Waals surface area contributed by atoms with Gasteiger partial charge in [-0.2, -0.15) is 0 Å². The van der Waals surface area contributed by atoms with Crippen molar-refractivity contribution in [1.82, 2.24) is 15.0 Å². The highest BCUT2D eigenvalue weighted by Gasteiger charge is 2.18. The van der Waals surface area contributed by atoms with Crippen LogP contribution < -0.4 is 5.32 Å². The molecule has 34 heavy (non-hydrogen) atoms. The second-order valence-corrected chi connectivity index (χ2v) is 8.14. The first-order chi connectivity index (χ1) is 16.2. The van der Waals surface area contributed by atoms with Crippen LogP contribution in [0.3, 0.4) is 0 Å². The third-order valence-corrected chi connectivity index (χ3v) is 4.97. The predicted octanol–water partition coefficient (Wildman–Crippen LogP) is 4.14. The summed E-state index contributed by atoms with van der Waals surface area (Å²) in [5.41, 5.74) is 3.20. The maximum atomic E-state index is 13.6. The molecule has 0 saturated heterocycles. The molecule has 0 unspecified atom stereocenters. The third-order valence-electron chi connectivity index (χ3n) is 4.97. The van der Waals surface area contributed by atoms with E-state index in [-0.39, 0.29) is 18.2 Å². The molecule has 9 heteroatoms. The molecule has 3 aromatic rings. The van der Waals surface area contributed by atoms with Crippen LogP contribution in [-0.2, 0) is 4.79 Å². The number of aliphatic hydroxyl groups excluding tert-OH is 2. The fraction of sp³-hybridized carbons (Fsp3) is 0.280. The number of aliphatic carboxylic acids is 1. The van der Waals surface area contributed by atoms with E-state index >= 15 is 0 Å². The van der Waals surface area contributed by atoms with Crippen molar-refractivity contribution in [2.24, 2.45) is 0 Å². The van der Waals surface area contributed by atoms with Crippen molar-refractivity contribution < 1.29 is 24.5 Å². The van der Waals surface area contributed by atoms with Gasteiger partial charge in [-0.15, -0.1) is 0 Å². The Kier molecular flexibility index (Phi) is 8.39. The number of pyridine rings is 1. The van der Waals surface area contributed by atoms with E-state index in [2.05, 4.69) is 20.3 Å². The Morgan fingerprint density at radius 3 is 2.50 bits per heavy atom. The van der Waals surface area contributed by atoms with Gasteiger partial charge in [-0.1, -0.05) is 26.0 Å². The van der Waals surface area contributed by atoms with E-state index in [9.17, 15) is 19.4 Å². The van der Waals surface area contributed by atoms with E-state index in [1.807, 2.05) is 19.9 Å². The standard InChI is InChI=1S/C25H27FN4O4/c1-15(2)23-21(10-9-19(31)12-20(32)13-22(33)34)24(16-5-7-17(26)8-6-16)30-25(29-23)28-18-4-3-11-27-14-18/h3-11,14-15,19-20,31-32H,12-13H2,1-2H3,(H,33,34)(H,28,29,30)/b10-9+/t19-,20-/m1/s1. The molecule has 0 aliphatic rings. The molecule has 0 radical (unpaired) electrons. The van der Waals surface area contributed by atoms with E-state index in [1.54, 1.807) is 36.7 Å². The Labute approximate surface area is 196 Å². The molecule has 0 spiro atoms. The number of hydrogen-bond donors (Lipinski definition) is 4. The van der Waals surface area contributed by atoms with Gasteiger partial charge in [0.25, 0.3) is 0 Å². The van der Waals surface area contributed by atoms with Gasteiger partial charge >= 0.3 is 5.97 Å². The average molecular weight is 467 g/mol. The molecule has 178 valence electrons. The van der Waals surface area contributed by atoms with Gasteiger partial charge in [0.2, 0.25) is 5.95 Å². The first-order valence-corrected chi connectivity index (χ1v) is 10.8. The number of aromatic nitrogens is 3. The van der Waals surface area contributed by atoms with Gasteiger partial charge < -0.3 is 20.6 Å². The summed E-state index contributed by atoms with van der Waals surface area (Å²) in [6, 6.07) is 9.51. The molecule has 2 atom stereocenters. The number of nitrogens with zero attached hydrogens (tertiary/aromatic N) is 3. The average Bonchev–Trinajstić information content (AvgIpc) is 2.78. The normalized spacial score (nSPS) is 13.2. The second-order valence-electron chi connectivity index (χ2n) is 8.14. The minimum Gasteiger partial charge on any atom is -0.481 e. The Balaban J connectivity index is 2.03. The SMILES string of the molecule is CC(C)c1nc(Nc2cccnc2)nc(-c2ccc(F)cc2)c1/C=C/[C@@H](O)C[C@@H](O)CC(=O)O. The summed E-state index contributed by atoms with van der Waals surface area (Å²) in [7, 11) is 0. The molecule has 2 aromatic heterocycles. The molecule has 8 nitrogen and oxygen atoms in total. The Hall–Kier alpha value is -3.69. The lowest BCUT2D eigenvalue weighted by molar-refractivity contribution is -0.139. The molecule has 2 heterocycles. The lowest BCUT2D eigenvalue weighted by Gasteiger charge is -2.17. The molecule has 3 rings (SSSR count). The van der Waals surface area contributed by atoms with Crippen molar-refractivity contribution in [3.8, 4) is 11.3 Å². The van der Waals surface area contributed by atoms with Crippen LogP contribution >= 0.6 is 0 Å². The number of aliphatic hydroxyl groups is 2. The minimum absolute atomic E-state index is 0.0222. The van der Waals surface area contributed by atoms with Crippen molar-refractivity contribution >= 4 is 23.7 Å².